The second-order valence-electron chi connectivity index (χ2n) is 4.14. The van der Waals surface area contributed by atoms with Crippen molar-refractivity contribution in [3.8, 4) is 0 Å². The van der Waals surface area contributed by atoms with Crippen LogP contribution in [0.4, 0.5) is 0 Å². The highest BCUT2D eigenvalue weighted by Crippen LogP contribution is 2.19. The van der Waals surface area contributed by atoms with E-state index >= 15 is 0 Å². The van der Waals surface area contributed by atoms with E-state index in [1.54, 1.807) is 22.4 Å². The number of thiazole rings is 1. The summed E-state index contributed by atoms with van der Waals surface area (Å²) in [6.07, 6.45) is 2.15. The van der Waals surface area contributed by atoms with Crippen LogP contribution >= 0.6 is 11.3 Å². The fourth-order valence-corrected chi connectivity index (χ4v) is 2.50. The Balaban J connectivity index is 1.97. The van der Waals surface area contributed by atoms with Crippen LogP contribution in [0.2, 0.25) is 0 Å². The summed E-state index contributed by atoms with van der Waals surface area (Å²) in [5, 5.41) is 5.55. The van der Waals surface area contributed by atoms with E-state index in [-0.39, 0.29) is 24.3 Å². The number of amides is 2. The molecule has 5 nitrogen and oxygen atoms in total. The molecule has 1 aliphatic rings. The van der Waals surface area contributed by atoms with Crippen molar-refractivity contribution in [3.63, 3.8) is 0 Å². The fourth-order valence-electron chi connectivity index (χ4n) is 1.82. The predicted octanol–water partition coefficient (Wildman–Crippen LogP) is 0.595. The molecular weight excluding hydrogens is 238 g/mol. The summed E-state index contributed by atoms with van der Waals surface area (Å²) in [6.45, 7) is 3.29. The van der Waals surface area contributed by atoms with Gasteiger partial charge in [0.2, 0.25) is 11.8 Å². The van der Waals surface area contributed by atoms with Crippen LogP contribution in [0.25, 0.3) is 0 Å². The zero-order chi connectivity index (χ0) is 12.3. The normalized spacial score (nSPS) is 18.8. The van der Waals surface area contributed by atoms with Crippen molar-refractivity contribution in [3.05, 3.63) is 16.6 Å². The Morgan fingerprint density at radius 3 is 3.12 bits per heavy atom. The minimum atomic E-state index is -0.0530. The molecule has 1 atom stereocenters. The summed E-state index contributed by atoms with van der Waals surface area (Å²) in [4.78, 5) is 28.9. The third kappa shape index (κ3) is 3.03. The highest BCUT2D eigenvalue weighted by molar-refractivity contribution is 7.09. The summed E-state index contributed by atoms with van der Waals surface area (Å²) in [5.74, 6) is 0.147. The lowest BCUT2D eigenvalue weighted by Gasteiger charge is -2.22. The van der Waals surface area contributed by atoms with Crippen LogP contribution in [0.15, 0.2) is 11.6 Å². The fraction of sp³-hybridized carbons (Fsp3) is 0.545. The first-order chi connectivity index (χ1) is 8.16. The average molecular weight is 253 g/mol. The Bertz CT molecular complexity index is 405. The maximum atomic E-state index is 11.8. The summed E-state index contributed by atoms with van der Waals surface area (Å²) in [6, 6.07) is 0. The lowest BCUT2D eigenvalue weighted by atomic mass is 10.1. The van der Waals surface area contributed by atoms with Crippen molar-refractivity contribution < 1.29 is 9.59 Å². The molecule has 92 valence electrons. The van der Waals surface area contributed by atoms with Gasteiger partial charge in [0.1, 0.15) is 0 Å². The van der Waals surface area contributed by atoms with Crippen molar-refractivity contribution in [2.45, 2.75) is 19.3 Å². The Morgan fingerprint density at radius 2 is 2.41 bits per heavy atom. The lowest BCUT2D eigenvalue weighted by Crippen LogP contribution is -2.37. The molecule has 2 rings (SSSR count). The van der Waals surface area contributed by atoms with Crippen LogP contribution < -0.4 is 5.32 Å². The maximum absolute atomic E-state index is 11.8. The Kier molecular flexibility index (Phi) is 3.73. The summed E-state index contributed by atoms with van der Waals surface area (Å²) >= 11 is 1.59. The Labute approximate surface area is 104 Å². The molecule has 1 fully saturated rings. The summed E-state index contributed by atoms with van der Waals surface area (Å²) < 4.78 is 0. The average Bonchev–Trinajstić information content (AvgIpc) is 2.80. The first-order valence-electron chi connectivity index (χ1n) is 5.60. The highest BCUT2D eigenvalue weighted by atomic mass is 32.1. The van der Waals surface area contributed by atoms with E-state index in [9.17, 15) is 9.59 Å². The van der Waals surface area contributed by atoms with Gasteiger partial charge >= 0.3 is 0 Å². The van der Waals surface area contributed by atoms with Gasteiger partial charge < -0.3 is 10.2 Å². The number of nitrogens with zero attached hydrogens (tertiary/aromatic N) is 2. The van der Waals surface area contributed by atoms with Gasteiger partial charge in [-0.1, -0.05) is 6.92 Å². The van der Waals surface area contributed by atoms with E-state index in [1.807, 2.05) is 12.3 Å². The van der Waals surface area contributed by atoms with Gasteiger partial charge in [0.15, 0.2) is 0 Å². The molecule has 1 aromatic rings. The van der Waals surface area contributed by atoms with Crippen LogP contribution in [-0.2, 0) is 9.59 Å². The van der Waals surface area contributed by atoms with Crippen LogP contribution in [0, 0.1) is 0 Å². The molecule has 0 aliphatic carbocycles. The number of aromatic nitrogens is 1. The second-order valence-corrected chi connectivity index (χ2v) is 5.06. The number of hydrogen-bond acceptors (Lipinski definition) is 4. The minimum Gasteiger partial charge on any atom is -0.347 e. The Hall–Kier alpha value is -1.43. The van der Waals surface area contributed by atoms with Gasteiger partial charge in [-0.3, -0.25) is 9.59 Å². The first-order valence-corrected chi connectivity index (χ1v) is 6.48. The molecule has 1 unspecified atom stereocenters. The molecular formula is C11H15N3O2S. The molecule has 2 amide bonds. The van der Waals surface area contributed by atoms with Gasteiger partial charge in [0.25, 0.3) is 0 Å². The molecule has 0 bridgehead atoms. The van der Waals surface area contributed by atoms with Crippen molar-refractivity contribution in [2.24, 2.45) is 0 Å². The molecule has 1 N–H and O–H groups in total. The number of rotatable bonds is 3. The molecule has 1 aliphatic heterocycles. The molecule has 1 aromatic heterocycles. The monoisotopic (exact) mass is 253 g/mol. The molecule has 17 heavy (non-hydrogen) atoms. The van der Waals surface area contributed by atoms with E-state index in [2.05, 4.69) is 10.3 Å². The van der Waals surface area contributed by atoms with Crippen LogP contribution in [0.5, 0.6) is 0 Å². The van der Waals surface area contributed by atoms with E-state index < -0.39 is 0 Å². The SMILES string of the molecule is CC(CN1CCC(=O)NCC1=O)c1nccs1. The molecule has 0 saturated carbocycles. The third-order valence-corrected chi connectivity index (χ3v) is 3.77. The van der Waals surface area contributed by atoms with E-state index in [0.29, 0.717) is 19.5 Å². The maximum Gasteiger partial charge on any atom is 0.241 e. The van der Waals surface area contributed by atoms with E-state index in [0.717, 1.165) is 5.01 Å². The van der Waals surface area contributed by atoms with Gasteiger partial charge in [-0.05, 0) is 0 Å². The molecule has 1 saturated heterocycles. The first kappa shape index (κ1) is 12.0. The Morgan fingerprint density at radius 1 is 1.59 bits per heavy atom. The van der Waals surface area contributed by atoms with E-state index in [4.69, 9.17) is 0 Å². The number of nitrogens with one attached hydrogen (secondary N) is 1. The van der Waals surface area contributed by atoms with Gasteiger partial charge in [-0.2, -0.15) is 0 Å². The van der Waals surface area contributed by atoms with Crippen molar-refractivity contribution in [1.82, 2.24) is 15.2 Å². The van der Waals surface area contributed by atoms with Gasteiger partial charge in [0, 0.05) is 37.0 Å². The van der Waals surface area contributed by atoms with Crippen LogP contribution in [0.3, 0.4) is 0 Å². The number of carbonyl (C=O) groups excluding carboxylic acids is 2. The molecule has 0 aromatic carbocycles. The van der Waals surface area contributed by atoms with Crippen LogP contribution in [0.1, 0.15) is 24.3 Å². The zero-order valence-electron chi connectivity index (χ0n) is 9.68. The van der Waals surface area contributed by atoms with Crippen LogP contribution in [-0.4, -0.2) is 41.3 Å². The highest BCUT2D eigenvalue weighted by Gasteiger charge is 2.22. The standard InChI is InChI=1S/C11H15N3O2S/c1-8(11-12-3-5-17-11)7-14-4-2-9(15)13-6-10(14)16/h3,5,8H,2,4,6-7H2,1H3,(H,13,15). The van der Waals surface area contributed by atoms with Crippen molar-refractivity contribution in [1.29, 1.82) is 0 Å². The topological polar surface area (TPSA) is 62.3 Å². The molecule has 0 spiro atoms. The van der Waals surface area contributed by atoms with Gasteiger partial charge in [0.05, 0.1) is 11.6 Å². The van der Waals surface area contributed by atoms with Gasteiger partial charge in [-0.15, -0.1) is 11.3 Å². The molecule has 0 radical (unpaired) electrons. The van der Waals surface area contributed by atoms with E-state index in [1.165, 1.54) is 0 Å². The lowest BCUT2D eigenvalue weighted by molar-refractivity contribution is -0.130. The predicted molar refractivity (Wildman–Crippen MR) is 64.7 cm³/mol. The summed E-state index contributed by atoms with van der Waals surface area (Å²) in [7, 11) is 0. The second kappa shape index (κ2) is 5.27. The molecule has 6 heteroatoms. The zero-order valence-corrected chi connectivity index (χ0v) is 10.5. The summed E-state index contributed by atoms with van der Waals surface area (Å²) in [5.41, 5.74) is 0. The molecule has 2 heterocycles. The smallest absolute Gasteiger partial charge is 0.241 e. The van der Waals surface area contributed by atoms with Crippen molar-refractivity contribution >= 4 is 23.2 Å². The quantitative estimate of drug-likeness (QED) is 0.858. The largest absolute Gasteiger partial charge is 0.347 e. The van der Waals surface area contributed by atoms with Gasteiger partial charge in [-0.25, -0.2) is 4.98 Å². The minimum absolute atomic E-state index is 0.0146. The van der Waals surface area contributed by atoms with Crippen molar-refractivity contribution in [2.75, 3.05) is 19.6 Å². The number of hydrogen-bond donors (Lipinski definition) is 1. The third-order valence-electron chi connectivity index (χ3n) is 2.77. The number of carbonyl (C=O) groups is 2.